The molecule has 2 bridgehead atoms. The summed E-state index contributed by atoms with van der Waals surface area (Å²) in [4.78, 5) is 13.8. The average Bonchev–Trinajstić information content (AvgIpc) is 2.93. The number of ether oxygens (including phenoxy) is 1. The molecule has 1 N–H and O–H groups in total. The van der Waals surface area contributed by atoms with E-state index in [1.54, 1.807) is 4.68 Å². The number of alkyl halides is 3. The van der Waals surface area contributed by atoms with Gasteiger partial charge in [-0.3, -0.25) is 4.68 Å². The van der Waals surface area contributed by atoms with Crippen LogP contribution in [-0.4, -0.2) is 51.8 Å². The second kappa shape index (κ2) is 5.62. The molecule has 0 unspecified atom stereocenters. The van der Waals surface area contributed by atoms with E-state index in [0.717, 1.165) is 38.5 Å². The third kappa shape index (κ3) is 2.92. The van der Waals surface area contributed by atoms with Gasteiger partial charge in [0.15, 0.2) is 5.69 Å². The van der Waals surface area contributed by atoms with E-state index >= 15 is 0 Å². The largest absolute Gasteiger partial charge is 0.573 e. The molecule has 9 heteroatoms. The maximum atomic E-state index is 12.5. The molecule has 3 aliphatic rings. The van der Waals surface area contributed by atoms with Crippen LogP contribution in [0.15, 0.2) is 18.2 Å². The molecule has 1 atom stereocenters. The van der Waals surface area contributed by atoms with E-state index in [9.17, 15) is 23.1 Å². The lowest BCUT2D eigenvalue weighted by atomic mass is 9.84. The van der Waals surface area contributed by atoms with Crippen molar-refractivity contribution in [1.82, 2.24) is 14.7 Å². The van der Waals surface area contributed by atoms with Gasteiger partial charge < -0.3 is 14.7 Å². The fourth-order valence-electron chi connectivity index (χ4n) is 3.94. The van der Waals surface area contributed by atoms with Crippen LogP contribution < -0.4 is 4.74 Å². The van der Waals surface area contributed by atoms with Crippen molar-refractivity contribution in [1.29, 1.82) is 0 Å². The molecule has 3 fully saturated rings. The van der Waals surface area contributed by atoms with E-state index in [1.807, 2.05) is 0 Å². The summed E-state index contributed by atoms with van der Waals surface area (Å²) in [5.41, 5.74) is 0.211. The van der Waals surface area contributed by atoms with Crippen molar-refractivity contribution >= 4 is 16.9 Å². The van der Waals surface area contributed by atoms with Crippen molar-refractivity contribution in [3.63, 3.8) is 0 Å². The maximum Gasteiger partial charge on any atom is 0.573 e. The first-order chi connectivity index (χ1) is 11.8. The molecule has 6 nitrogen and oxygen atoms in total. The van der Waals surface area contributed by atoms with E-state index in [-0.39, 0.29) is 17.5 Å². The Balaban J connectivity index is 1.81. The van der Waals surface area contributed by atoms with Gasteiger partial charge in [-0.1, -0.05) is 0 Å². The first-order valence-corrected chi connectivity index (χ1v) is 8.05. The topological polar surface area (TPSA) is 67.6 Å². The molecule has 0 spiro atoms. The summed E-state index contributed by atoms with van der Waals surface area (Å²) >= 11 is 0. The summed E-state index contributed by atoms with van der Waals surface area (Å²) in [5, 5.41) is 13.9. The van der Waals surface area contributed by atoms with Crippen molar-refractivity contribution in [2.75, 3.05) is 19.6 Å². The molecule has 4 heterocycles. The lowest BCUT2D eigenvalue weighted by molar-refractivity contribution is -0.274. The van der Waals surface area contributed by atoms with Crippen molar-refractivity contribution < 1.29 is 27.8 Å². The molecule has 134 valence electrons. The smallest absolute Gasteiger partial charge is 0.476 e. The summed E-state index contributed by atoms with van der Waals surface area (Å²) in [6.07, 6.45) is -2.84. The standard InChI is InChI=1S/C16H16F3N3O3/c17-16(18,19)25-10-1-2-11-12(7-10)22(20-14(11)15(23)24)13-8-21-5-3-9(13)4-6-21/h1-2,7,9,13H,3-6,8H2,(H,23,24)/t13-/m0/s1. The molecular weight excluding hydrogens is 339 g/mol. The molecule has 2 aromatic rings. The highest BCUT2D eigenvalue weighted by Gasteiger charge is 2.37. The molecule has 1 aromatic carbocycles. The van der Waals surface area contributed by atoms with E-state index in [1.165, 1.54) is 12.1 Å². The fourth-order valence-corrected chi connectivity index (χ4v) is 3.94. The molecular formula is C16H16F3N3O3. The molecule has 5 rings (SSSR count). The van der Waals surface area contributed by atoms with Gasteiger partial charge in [0.25, 0.3) is 0 Å². The number of carbonyl (C=O) groups is 1. The fraction of sp³-hybridized carbons (Fsp3) is 0.500. The molecule has 3 saturated heterocycles. The molecule has 0 radical (unpaired) electrons. The number of halogens is 3. The van der Waals surface area contributed by atoms with Gasteiger partial charge in [-0.05, 0) is 44.0 Å². The monoisotopic (exact) mass is 355 g/mol. The predicted octanol–water partition coefficient (Wildman–Crippen LogP) is 2.90. The number of nitrogens with zero attached hydrogens (tertiary/aromatic N) is 3. The first-order valence-electron chi connectivity index (χ1n) is 8.05. The molecule has 0 amide bonds. The number of hydrogen-bond donors (Lipinski definition) is 1. The molecule has 0 saturated carbocycles. The average molecular weight is 355 g/mol. The van der Waals surface area contributed by atoms with Gasteiger partial charge in [0.1, 0.15) is 5.75 Å². The first kappa shape index (κ1) is 16.2. The predicted molar refractivity (Wildman–Crippen MR) is 81.6 cm³/mol. The van der Waals surface area contributed by atoms with Crippen LogP contribution in [0.1, 0.15) is 29.4 Å². The number of piperidine rings is 3. The minimum Gasteiger partial charge on any atom is -0.476 e. The Morgan fingerprint density at radius 1 is 1.28 bits per heavy atom. The summed E-state index contributed by atoms with van der Waals surface area (Å²) in [6.45, 7) is 2.72. The molecule has 25 heavy (non-hydrogen) atoms. The minimum absolute atomic E-state index is 0.0424. The van der Waals surface area contributed by atoms with E-state index < -0.39 is 12.3 Å². The van der Waals surface area contributed by atoms with Crippen LogP contribution in [0.3, 0.4) is 0 Å². The summed E-state index contributed by atoms with van der Waals surface area (Å²) in [6, 6.07) is 3.62. The number of hydrogen-bond acceptors (Lipinski definition) is 4. The third-order valence-corrected chi connectivity index (χ3v) is 5.05. The molecule has 1 aromatic heterocycles. The number of carboxylic acid groups (broad SMARTS) is 1. The van der Waals surface area contributed by atoms with Crippen LogP contribution in [0.25, 0.3) is 10.9 Å². The Morgan fingerprint density at radius 2 is 2.00 bits per heavy atom. The normalized spacial score (nSPS) is 26.1. The number of fused-ring (bicyclic) bond motifs is 4. The van der Waals surface area contributed by atoms with E-state index in [0.29, 0.717) is 16.8 Å². The van der Waals surface area contributed by atoms with Gasteiger partial charge in [-0.2, -0.15) is 5.10 Å². The maximum absolute atomic E-state index is 12.5. The quantitative estimate of drug-likeness (QED) is 0.917. The molecule has 0 aliphatic carbocycles. The Morgan fingerprint density at radius 3 is 2.56 bits per heavy atom. The number of rotatable bonds is 3. The second-order valence-electron chi connectivity index (χ2n) is 6.53. The lowest BCUT2D eigenvalue weighted by Gasteiger charge is -2.44. The van der Waals surface area contributed by atoms with E-state index in [4.69, 9.17) is 0 Å². The van der Waals surface area contributed by atoms with Gasteiger partial charge in [0, 0.05) is 18.0 Å². The Bertz CT molecular complexity index is 825. The van der Waals surface area contributed by atoms with Crippen LogP contribution in [0.4, 0.5) is 13.2 Å². The van der Waals surface area contributed by atoms with Crippen molar-refractivity contribution in [2.24, 2.45) is 5.92 Å². The van der Waals surface area contributed by atoms with Crippen molar-refractivity contribution in [2.45, 2.75) is 25.2 Å². The number of benzene rings is 1. The van der Waals surface area contributed by atoms with Gasteiger partial charge in [-0.15, -0.1) is 13.2 Å². The summed E-state index contributed by atoms with van der Waals surface area (Å²) in [7, 11) is 0. The zero-order valence-electron chi connectivity index (χ0n) is 13.2. The van der Waals surface area contributed by atoms with Crippen LogP contribution in [0.5, 0.6) is 5.75 Å². The second-order valence-corrected chi connectivity index (χ2v) is 6.53. The SMILES string of the molecule is O=C(O)c1nn([C@H]2CN3CCC2CC3)c2cc(OC(F)(F)F)ccc12. The van der Waals surface area contributed by atoms with Crippen LogP contribution >= 0.6 is 0 Å². The Hall–Kier alpha value is -2.29. The third-order valence-electron chi connectivity index (χ3n) is 5.05. The van der Waals surface area contributed by atoms with Gasteiger partial charge in [0.05, 0.1) is 11.6 Å². The van der Waals surface area contributed by atoms with Crippen molar-refractivity contribution in [3.8, 4) is 5.75 Å². The van der Waals surface area contributed by atoms with Crippen molar-refractivity contribution in [3.05, 3.63) is 23.9 Å². The minimum atomic E-state index is -4.80. The van der Waals surface area contributed by atoms with Crippen LogP contribution in [0.2, 0.25) is 0 Å². The van der Waals surface area contributed by atoms with Gasteiger partial charge in [-0.25, -0.2) is 4.79 Å². The Kier molecular flexibility index (Phi) is 3.64. The lowest BCUT2D eigenvalue weighted by Crippen LogP contribution is -2.48. The molecule has 3 aliphatic heterocycles. The highest BCUT2D eigenvalue weighted by molar-refractivity contribution is 6.01. The van der Waals surface area contributed by atoms with Gasteiger partial charge >= 0.3 is 12.3 Å². The van der Waals surface area contributed by atoms with Crippen LogP contribution in [0, 0.1) is 5.92 Å². The Labute approximate surface area is 140 Å². The highest BCUT2D eigenvalue weighted by Crippen LogP contribution is 2.38. The van der Waals surface area contributed by atoms with Crippen LogP contribution in [-0.2, 0) is 0 Å². The summed E-state index contributed by atoms with van der Waals surface area (Å²) < 4.78 is 43.1. The van der Waals surface area contributed by atoms with E-state index in [2.05, 4.69) is 14.7 Å². The highest BCUT2D eigenvalue weighted by atomic mass is 19.4. The number of aromatic nitrogens is 2. The number of aromatic carboxylic acids is 1. The summed E-state index contributed by atoms with van der Waals surface area (Å²) in [5.74, 6) is -1.23. The zero-order chi connectivity index (χ0) is 17.8. The van der Waals surface area contributed by atoms with Gasteiger partial charge in [0.2, 0.25) is 0 Å². The zero-order valence-corrected chi connectivity index (χ0v) is 13.2. The number of carboxylic acids is 1.